The number of rotatable bonds is 9. The number of benzene rings is 1. The molecule has 0 unspecified atom stereocenters. The van der Waals surface area contributed by atoms with Crippen molar-refractivity contribution in [2.75, 3.05) is 53.6 Å². The van der Waals surface area contributed by atoms with Gasteiger partial charge in [-0.15, -0.1) is 24.0 Å². The standard InChI is InChI=1S/C19H30ClN3O3.HI/c1-21-19(22-10-15-26-18-7-4-3-6-17(18)20)23-11-8-16(9-12-23)25-14-5-13-24-2;/h3-4,6-7,16H,5,8-15H2,1-2H3,(H,21,22);1H. The molecule has 1 aromatic carbocycles. The summed E-state index contributed by atoms with van der Waals surface area (Å²) >= 11 is 6.09. The first-order valence-corrected chi connectivity index (χ1v) is 9.56. The zero-order valence-electron chi connectivity index (χ0n) is 16.2. The summed E-state index contributed by atoms with van der Waals surface area (Å²) in [5, 5.41) is 3.98. The molecule has 154 valence electrons. The van der Waals surface area contributed by atoms with Crippen molar-refractivity contribution < 1.29 is 14.2 Å². The zero-order chi connectivity index (χ0) is 18.6. The third-order valence-corrected chi connectivity index (χ3v) is 4.59. The van der Waals surface area contributed by atoms with E-state index in [9.17, 15) is 0 Å². The number of hydrogen-bond donors (Lipinski definition) is 1. The quantitative estimate of drug-likeness (QED) is 0.238. The number of halogens is 2. The fourth-order valence-electron chi connectivity index (χ4n) is 2.91. The first kappa shape index (κ1) is 24.3. The number of guanidine groups is 1. The predicted octanol–water partition coefficient (Wildman–Crippen LogP) is 3.43. The van der Waals surface area contributed by atoms with Crippen LogP contribution in [0.25, 0.3) is 0 Å². The molecule has 1 fully saturated rings. The van der Waals surface area contributed by atoms with Gasteiger partial charge in [0.1, 0.15) is 12.4 Å². The molecule has 0 spiro atoms. The molecule has 0 bridgehead atoms. The van der Waals surface area contributed by atoms with E-state index in [-0.39, 0.29) is 24.0 Å². The highest BCUT2D eigenvalue weighted by atomic mass is 127. The van der Waals surface area contributed by atoms with Crippen LogP contribution < -0.4 is 10.1 Å². The first-order valence-electron chi connectivity index (χ1n) is 9.18. The fourth-order valence-corrected chi connectivity index (χ4v) is 3.10. The number of nitrogens with one attached hydrogen (secondary N) is 1. The molecule has 27 heavy (non-hydrogen) atoms. The molecule has 1 aliphatic heterocycles. The van der Waals surface area contributed by atoms with Crippen molar-refractivity contribution in [2.24, 2.45) is 4.99 Å². The maximum atomic E-state index is 6.09. The maximum absolute atomic E-state index is 6.09. The van der Waals surface area contributed by atoms with Gasteiger partial charge in [-0.05, 0) is 31.4 Å². The average molecular weight is 512 g/mol. The zero-order valence-corrected chi connectivity index (χ0v) is 19.2. The van der Waals surface area contributed by atoms with E-state index in [1.807, 2.05) is 31.3 Å². The van der Waals surface area contributed by atoms with Crippen LogP contribution in [0, 0.1) is 0 Å². The number of nitrogens with zero attached hydrogens (tertiary/aromatic N) is 2. The Hall–Kier alpha value is -0.770. The van der Waals surface area contributed by atoms with Gasteiger partial charge in [0, 0.05) is 40.5 Å². The number of aliphatic imine (C=N–C) groups is 1. The van der Waals surface area contributed by atoms with Crippen molar-refractivity contribution in [3.8, 4) is 5.75 Å². The Morgan fingerprint density at radius 2 is 1.96 bits per heavy atom. The molecule has 0 radical (unpaired) electrons. The summed E-state index contributed by atoms with van der Waals surface area (Å²) in [4.78, 5) is 6.65. The van der Waals surface area contributed by atoms with E-state index >= 15 is 0 Å². The Morgan fingerprint density at radius 1 is 1.22 bits per heavy atom. The molecule has 6 nitrogen and oxygen atoms in total. The molecular formula is C19H31ClIN3O3. The van der Waals surface area contributed by atoms with Crippen LogP contribution in [-0.2, 0) is 9.47 Å². The van der Waals surface area contributed by atoms with Gasteiger partial charge in [0.2, 0.25) is 0 Å². The van der Waals surface area contributed by atoms with Gasteiger partial charge in [-0.2, -0.15) is 0 Å². The lowest BCUT2D eigenvalue weighted by Crippen LogP contribution is -2.47. The van der Waals surface area contributed by atoms with Gasteiger partial charge in [-0.1, -0.05) is 23.7 Å². The largest absolute Gasteiger partial charge is 0.490 e. The number of hydrogen-bond acceptors (Lipinski definition) is 4. The van der Waals surface area contributed by atoms with Crippen LogP contribution in [0.5, 0.6) is 5.75 Å². The predicted molar refractivity (Wildman–Crippen MR) is 121 cm³/mol. The molecular weight excluding hydrogens is 481 g/mol. The summed E-state index contributed by atoms with van der Waals surface area (Å²) in [5.41, 5.74) is 0. The number of para-hydroxylation sites is 1. The van der Waals surface area contributed by atoms with Crippen LogP contribution in [0.15, 0.2) is 29.3 Å². The minimum Gasteiger partial charge on any atom is -0.490 e. The SMILES string of the molecule is CN=C(NCCOc1ccccc1Cl)N1CCC(OCCCOC)CC1.I. The van der Waals surface area contributed by atoms with Crippen LogP contribution in [0.2, 0.25) is 5.02 Å². The number of methoxy groups -OCH3 is 1. The monoisotopic (exact) mass is 511 g/mol. The second-order valence-electron chi connectivity index (χ2n) is 6.16. The van der Waals surface area contributed by atoms with E-state index in [1.54, 1.807) is 7.11 Å². The molecule has 8 heteroatoms. The van der Waals surface area contributed by atoms with E-state index in [2.05, 4.69) is 15.2 Å². The average Bonchev–Trinajstić information content (AvgIpc) is 2.67. The van der Waals surface area contributed by atoms with Gasteiger partial charge in [0.25, 0.3) is 0 Å². The van der Waals surface area contributed by atoms with Crippen LogP contribution in [-0.4, -0.2) is 70.6 Å². The minimum atomic E-state index is 0. The fraction of sp³-hybridized carbons (Fsp3) is 0.632. The van der Waals surface area contributed by atoms with E-state index in [1.165, 1.54) is 0 Å². The molecule has 1 N–H and O–H groups in total. The molecule has 1 heterocycles. The van der Waals surface area contributed by atoms with Crippen LogP contribution in [0.1, 0.15) is 19.3 Å². The molecule has 1 aromatic rings. The van der Waals surface area contributed by atoms with Gasteiger partial charge in [-0.3, -0.25) is 4.99 Å². The van der Waals surface area contributed by atoms with Gasteiger partial charge in [0.05, 0.1) is 17.7 Å². The highest BCUT2D eigenvalue weighted by Crippen LogP contribution is 2.22. The molecule has 1 saturated heterocycles. The molecule has 0 aromatic heterocycles. The Kier molecular flexibility index (Phi) is 12.8. The lowest BCUT2D eigenvalue weighted by molar-refractivity contribution is 0.00989. The summed E-state index contributed by atoms with van der Waals surface area (Å²) in [7, 11) is 3.53. The highest BCUT2D eigenvalue weighted by molar-refractivity contribution is 14.0. The summed E-state index contributed by atoms with van der Waals surface area (Å²) < 4.78 is 16.7. The maximum Gasteiger partial charge on any atom is 0.193 e. The van der Waals surface area contributed by atoms with E-state index < -0.39 is 0 Å². The summed E-state index contributed by atoms with van der Waals surface area (Å²) in [6, 6.07) is 7.49. The molecule has 0 amide bonds. The van der Waals surface area contributed by atoms with Gasteiger partial charge in [-0.25, -0.2) is 0 Å². The lowest BCUT2D eigenvalue weighted by atomic mass is 10.1. The number of ether oxygens (including phenoxy) is 3. The summed E-state index contributed by atoms with van der Waals surface area (Å²) in [5.74, 6) is 1.61. The van der Waals surface area contributed by atoms with Gasteiger partial charge in [0.15, 0.2) is 5.96 Å². The topological polar surface area (TPSA) is 55.3 Å². The Bertz CT molecular complexity index is 555. The third-order valence-electron chi connectivity index (χ3n) is 4.28. The van der Waals surface area contributed by atoms with Crippen molar-refractivity contribution >= 4 is 41.5 Å². The molecule has 1 aliphatic rings. The second-order valence-corrected chi connectivity index (χ2v) is 6.56. The summed E-state index contributed by atoms with van der Waals surface area (Å²) in [6.45, 7) is 4.61. The molecule has 0 aliphatic carbocycles. The van der Waals surface area contributed by atoms with E-state index in [4.69, 9.17) is 25.8 Å². The Morgan fingerprint density at radius 3 is 2.63 bits per heavy atom. The van der Waals surface area contributed by atoms with Gasteiger partial charge >= 0.3 is 0 Å². The highest BCUT2D eigenvalue weighted by Gasteiger charge is 2.21. The van der Waals surface area contributed by atoms with Crippen molar-refractivity contribution in [2.45, 2.75) is 25.4 Å². The Balaban J connectivity index is 0.00000364. The molecule has 0 atom stereocenters. The summed E-state index contributed by atoms with van der Waals surface area (Å²) in [6.07, 6.45) is 3.32. The molecule has 2 rings (SSSR count). The van der Waals surface area contributed by atoms with E-state index in [0.29, 0.717) is 30.0 Å². The molecule has 0 saturated carbocycles. The minimum absolute atomic E-state index is 0. The first-order chi connectivity index (χ1) is 12.7. The van der Waals surface area contributed by atoms with Gasteiger partial charge < -0.3 is 24.4 Å². The lowest BCUT2D eigenvalue weighted by Gasteiger charge is -2.34. The second kappa shape index (κ2) is 14.3. The van der Waals surface area contributed by atoms with Crippen molar-refractivity contribution in [3.63, 3.8) is 0 Å². The van der Waals surface area contributed by atoms with Crippen molar-refractivity contribution in [1.29, 1.82) is 0 Å². The van der Waals surface area contributed by atoms with Crippen LogP contribution >= 0.6 is 35.6 Å². The Labute approximate surface area is 184 Å². The van der Waals surface area contributed by atoms with Crippen molar-refractivity contribution in [3.05, 3.63) is 29.3 Å². The normalized spacial score (nSPS) is 15.4. The number of piperidine rings is 1. The number of likely N-dealkylation sites (tertiary alicyclic amines) is 1. The third kappa shape index (κ3) is 8.85. The van der Waals surface area contributed by atoms with Crippen molar-refractivity contribution in [1.82, 2.24) is 10.2 Å². The van der Waals surface area contributed by atoms with Crippen LogP contribution in [0.3, 0.4) is 0 Å². The van der Waals surface area contributed by atoms with Crippen LogP contribution in [0.4, 0.5) is 0 Å². The van der Waals surface area contributed by atoms with E-state index in [0.717, 1.165) is 51.5 Å². The smallest absolute Gasteiger partial charge is 0.193 e.